The first kappa shape index (κ1) is 14.7. The van der Waals surface area contributed by atoms with Crippen LogP contribution in [0.4, 0.5) is 4.39 Å². The molecule has 1 aromatic heterocycles. The summed E-state index contributed by atoms with van der Waals surface area (Å²) < 4.78 is 14.2. The maximum Gasteiger partial charge on any atom is 0.161 e. The number of aryl methyl sites for hydroxylation is 2. The Bertz CT molecular complexity index is 617. The van der Waals surface area contributed by atoms with Crippen LogP contribution in [0.25, 0.3) is 11.4 Å². The Hall–Kier alpha value is -0.750. The number of hydrogen-bond acceptors (Lipinski definition) is 2. The second-order valence-electron chi connectivity index (χ2n) is 4.31. The fraction of sp³-hybridized carbons (Fsp3) is 0.286. The van der Waals surface area contributed by atoms with Crippen molar-refractivity contribution in [2.75, 3.05) is 0 Å². The van der Waals surface area contributed by atoms with E-state index in [0.717, 1.165) is 27.7 Å². The molecule has 0 bridgehead atoms. The second kappa shape index (κ2) is 6.13. The van der Waals surface area contributed by atoms with E-state index in [0.29, 0.717) is 16.5 Å². The van der Waals surface area contributed by atoms with Crippen molar-refractivity contribution in [3.63, 3.8) is 0 Å². The summed E-state index contributed by atoms with van der Waals surface area (Å²) in [6, 6.07) is 4.85. The van der Waals surface area contributed by atoms with Crippen molar-refractivity contribution < 1.29 is 4.39 Å². The molecular weight excluding hydrogens is 378 g/mol. The number of rotatable bonds is 3. The van der Waals surface area contributed by atoms with E-state index >= 15 is 0 Å². The Labute approximate surface area is 130 Å². The van der Waals surface area contributed by atoms with Gasteiger partial charge in [-0.05, 0) is 59.7 Å². The van der Waals surface area contributed by atoms with Gasteiger partial charge in [0.25, 0.3) is 0 Å². The third-order valence-electron chi connectivity index (χ3n) is 2.78. The predicted molar refractivity (Wildman–Crippen MR) is 83.9 cm³/mol. The van der Waals surface area contributed by atoms with Crippen molar-refractivity contribution in [2.24, 2.45) is 0 Å². The molecule has 2 nitrogen and oxygen atoms in total. The van der Waals surface area contributed by atoms with Gasteiger partial charge in [-0.2, -0.15) is 0 Å². The maximum absolute atomic E-state index is 13.3. The molecule has 0 unspecified atom stereocenters. The van der Waals surface area contributed by atoms with Crippen LogP contribution in [0.15, 0.2) is 18.2 Å². The minimum atomic E-state index is -0.228. The first-order valence-electron chi connectivity index (χ1n) is 6.01. The van der Waals surface area contributed by atoms with Crippen LogP contribution in [0.2, 0.25) is 5.15 Å². The highest BCUT2D eigenvalue weighted by molar-refractivity contribution is 14.1. The summed E-state index contributed by atoms with van der Waals surface area (Å²) in [5, 5.41) is 0.455. The summed E-state index contributed by atoms with van der Waals surface area (Å²) in [7, 11) is 0. The normalized spacial score (nSPS) is 10.8. The van der Waals surface area contributed by atoms with Crippen LogP contribution in [0.5, 0.6) is 0 Å². The van der Waals surface area contributed by atoms with Gasteiger partial charge in [0, 0.05) is 5.56 Å². The van der Waals surface area contributed by atoms with E-state index in [9.17, 15) is 4.39 Å². The lowest BCUT2D eigenvalue weighted by Crippen LogP contribution is -2.01. The van der Waals surface area contributed by atoms with Gasteiger partial charge < -0.3 is 0 Å². The van der Waals surface area contributed by atoms with Gasteiger partial charge in [0.1, 0.15) is 11.0 Å². The topological polar surface area (TPSA) is 25.8 Å². The van der Waals surface area contributed by atoms with Gasteiger partial charge in [-0.25, -0.2) is 14.4 Å². The SMILES string of the molecule is CCCc1nc(-c2ccc(F)c(C)c2)nc(Cl)c1I. The molecule has 1 aromatic carbocycles. The number of nitrogens with zero attached hydrogens (tertiary/aromatic N) is 2. The van der Waals surface area contributed by atoms with Crippen LogP contribution >= 0.6 is 34.2 Å². The molecule has 0 N–H and O–H groups in total. The zero-order valence-electron chi connectivity index (χ0n) is 10.7. The molecule has 1 heterocycles. The number of hydrogen-bond donors (Lipinski definition) is 0. The van der Waals surface area contributed by atoms with Crippen molar-refractivity contribution in [2.45, 2.75) is 26.7 Å². The average molecular weight is 391 g/mol. The summed E-state index contributed by atoms with van der Waals surface area (Å²) in [5.74, 6) is 0.325. The van der Waals surface area contributed by atoms with Gasteiger partial charge >= 0.3 is 0 Å². The number of aromatic nitrogens is 2. The molecule has 19 heavy (non-hydrogen) atoms. The highest BCUT2D eigenvalue weighted by Gasteiger charge is 2.12. The maximum atomic E-state index is 13.3. The lowest BCUT2D eigenvalue weighted by atomic mass is 10.1. The highest BCUT2D eigenvalue weighted by atomic mass is 127. The highest BCUT2D eigenvalue weighted by Crippen LogP contribution is 2.25. The van der Waals surface area contributed by atoms with E-state index in [4.69, 9.17) is 11.6 Å². The predicted octanol–water partition coefficient (Wildman–Crippen LogP) is 4.80. The Morgan fingerprint density at radius 2 is 2.05 bits per heavy atom. The molecule has 0 spiro atoms. The van der Waals surface area contributed by atoms with Gasteiger partial charge in [0.2, 0.25) is 0 Å². The van der Waals surface area contributed by atoms with E-state index in [1.165, 1.54) is 6.07 Å². The molecule has 100 valence electrons. The van der Waals surface area contributed by atoms with Crippen LogP contribution in [-0.2, 0) is 6.42 Å². The van der Waals surface area contributed by atoms with Gasteiger partial charge in [0.05, 0.1) is 9.26 Å². The van der Waals surface area contributed by atoms with Crippen LogP contribution in [-0.4, -0.2) is 9.97 Å². The monoisotopic (exact) mass is 390 g/mol. The molecule has 0 saturated heterocycles. The molecule has 0 atom stereocenters. The Morgan fingerprint density at radius 3 is 2.68 bits per heavy atom. The van der Waals surface area contributed by atoms with E-state index in [2.05, 4.69) is 39.5 Å². The van der Waals surface area contributed by atoms with Crippen LogP contribution in [0.1, 0.15) is 24.6 Å². The van der Waals surface area contributed by atoms with Crippen LogP contribution in [0, 0.1) is 16.3 Å². The van der Waals surface area contributed by atoms with E-state index in [1.54, 1.807) is 19.1 Å². The smallest absolute Gasteiger partial charge is 0.161 e. The van der Waals surface area contributed by atoms with Crippen molar-refractivity contribution in [3.8, 4) is 11.4 Å². The summed E-state index contributed by atoms with van der Waals surface area (Å²) in [5.41, 5.74) is 2.31. The van der Waals surface area contributed by atoms with Crippen molar-refractivity contribution in [1.82, 2.24) is 9.97 Å². The molecule has 0 saturated carbocycles. The van der Waals surface area contributed by atoms with E-state index in [-0.39, 0.29) is 5.82 Å². The fourth-order valence-corrected chi connectivity index (χ4v) is 2.48. The van der Waals surface area contributed by atoms with E-state index < -0.39 is 0 Å². The number of halogens is 3. The minimum absolute atomic E-state index is 0.228. The van der Waals surface area contributed by atoms with Crippen LogP contribution in [0.3, 0.4) is 0 Å². The summed E-state index contributed by atoms with van der Waals surface area (Å²) in [6.07, 6.45) is 1.85. The van der Waals surface area contributed by atoms with Gasteiger partial charge in [0.15, 0.2) is 5.82 Å². The molecule has 2 aromatic rings. The summed E-state index contributed by atoms with van der Waals surface area (Å²) in [6.45, 7) is 3.81. The lowest BCUT2D eigenvalue weighted by Gasteiger charge is -2.08. The fourth-order valence-electron chi connectivity index (χ4n) is 1.78. The lowest BCUT2D eigenvalue weighted by molar-refractivity contribution is 0.618. The quantitative estimate of drug-likeness (QED) is 0.556. The molecular formula is C14H13ClFIN2. The van der Waals surface area contributed by atoms with Crippen molar-refractivity contribution in [1.29, 1.82) is 0 Å². The van der Waals surface area contributed by atoms with E-state index in [1.807, 2.05) is 0 Å². The standard InChI is InChI=1S/C14H13ClFIN2/c1-3-4-11-12(17)13(15)19-14(18-11)9-5-6-10(16)8(2)7-9/h5-7H,3-4H2,1-2H3. The molecule has 5 heteroatoms. The Balaban J connectivity index is 2.52. The van der Waals surface area contributed by atoms with Crippen molar-refractivity contribution >= 4 is 34.2 Å². The summed E-state index contributed by atoms with van der Waals surface area (Å²) in [4.78, 5) is 8.82. The largest absolute Gasteiger partial charge is 0.232 e. The minimum Gasteiger partial charge on any atom is -0.232 e. The molecule has 0 amide bonds. The summed E-state index contributed by atoms with van der Waals surface area (Å²) >= 11 is 8.30. The number of benzene rings is 1. The molecule has 0 aliphatic rings. The molecule has 0 aliphatic carbocycles. The Morgan fingerprint density at radius 1 is 1.32 bits per heavy atom. The zero-order valence-corrected chi connectivity index (χ0v) is 13.6. The van der Waals surface area contributed by atoms with Gasteiger partial charge in [-0.1, -0.05) is 24.9 Å². The van der Waals surface area contributed by atoms with Gasteiger partial charge in [-0.15, -0.1) is 0 Å². The third-order valence-corrected chi connectivity index (χ3v) is 4.51. The molecule has 2 rings (SSSR count). The average Bonchev–Trinajstić information content (AvgIpc) is 2.38. The van der Waals surface area contributed by atoms with Gasteiger partial charge in [-0.3, -0.25) is 0 Å². The molecule has 0 fully saturated rings. The third kappa shape index (κ3) is 3.23. The molecule has 0 radical (unpaired) electrons. The first-order valence-corrected chi connectivity index (χ1v) is 7.47. The second-order valence-corrected chi connectivity index (χ2v) is 5.75. The molecule has 0 aliphatic heterocycles. The van der Waals surface area contributed by atoms with Crippen LogP contribution < -0.4 is 0 Å². The van der Waals surface area contributed by atoms with Crippen molar-refractivity contribution in [3.05, 3.63) is 44.0 Å². The Kier molecular flexibility index (Phi) is 4.73. The first-order chi connectivity index (χ1) is 9.02. The zero-order chi connectivity index (χ0) is 14.0.